The van der Waals surface area contributed by atoms with Gasteiger partial charge in [-0.15, -0.1) is 0 Å². The molecule has 0 fully saturated rings. The molecule has 0 saturated carbocycles. The lowest BCUT2D eigenvalue weighted by molar-refractivity contribution is -0.137. The highest BCUT2D eigenvalue weighted by Gasteiger charge is 2.34. The molecule has 0 unspecified atom stereocenters. The number of hydrogen-bond donors (Lipinski definition) is 0. The maximum absolute atomic E-state index is 14.7. The first kappa shape index (κ1) is 36.0. The Morgan fingerprint density at radius 2 is 1.02 bits per heavy atom. The molecule has 0 saturated heterocycles. The zero-order valence-electron chi connectivity index (χ0n) is 30.9. The first-order valence-corrected chi connectivity index (χ1v) is 18.1. The highest BCUT2D eigenvalue weighted by atomic mass is 19.4. The molecule has 0 N–H and O–H groups in total. The van der Waals surface area contributed by atoms with E-state index in [0.717, 1.165) is 27.9 Å². The van der Waals surface area contributed by atoms with Crippen molar-refractivity contribution in [3.63, 3.8) is 0 Å². The van der Waals surface area contributed by atoms with Crippen molar-refractivity contribution in [3.05, 3.63) is 184 Å². The second-order valence-electron chi connectivity index (χ2n) is 14.0. The highest BCUT2D eigenvalue weighted by molar-refractivity contribution is 6.13. The van der Waals surface area contributed by atoms with Crippen LogP contribution in [-0.2, 0) is 6.18 Å². The van der Waals surface area contributed by atoms with E-state index >= 15 is 0 Å². The van der Waals surface area contributed by atoms with Gasteiger partial charge in [0.05, 0.1) is 82.0 Å². The minimum absolute atomic E-state index is 0.0262. The van der Waals surface area contributed by atoms with Crippen LogP contribution in [0.4, 0.5) is 30.2 Å². The molecule has 59 heavy (non-hydrogen) atoms. The van der Waals surface area contributed by atoms with E-state index in [0.29, 0.717) is 83.6 Å². The molecule has 0 atom stereocenters. The third kappa shape index (κ3) is 5.71. The SMILES string of the molecule is [C-]#[N+]c1ccc(-n2c3ccc(C#N)cc3c3cc(C#N)ccc32)c(-c2ccc(-c3c(C)cccc3C(F)(F)F)cc2-n2c3ccc([N+]#[C-])cc3c3cc([N+]#[C-])ccc32)c1. The Labute approximate surface area is 335 Å². The van der Waals surface area contributed by atoms with Crippen LogP contribution >= 0.6 is 0 Å². The fourth-order valence-electron chi connectivity index (χ4n) is 8.21. The van der Waals surface area contributed by atoms with Gasteiger partial charge < -0.3 is 9.13 Å². The van der Waals surface area contributed by atoms with E-state index in [4.69, 9.17) is 19.7 Å². The molecule has 0 aliphatic carbocycles. The Morgan fingerprint density at radius 1 is 0.525 bits per heavy atom. The lowest BCUT2D eigenvalue weighted by atomic mass is 9.91. The van der Waals surface area contributed by atoms with Crippen molar-refractivity contribution in [2.24, 2.45) is 0 Å². The number of nitrogens with zero attached hydrogens (tertiary/aromatic N) is 7. The van der Waals surface area contributed by atoms with Gasteiger partial charge >= 0.3 is 6.18 Å². The van der Waals surface area contributed by atoms with Crippen LogP contribution in [0.1, 0.15) is 22.3 Å². The predicted octanol–water partition coefficient (Wildman–Crippen LogP) is 13.9. The summed E-state index contributed by atoms with van der Waals surface area (Å²) in [5.74, 6) is 0. The Morgan fingerprint density at radius 3 is 1.54 bits per heavy atom. The summed E-state index contributed by atoms with van der Waals surface area (Å²) in [6, 6.07) is 40.1. The van der Waals surface area contributed by atoms with Crippen molar-refractivity contribution in [1.29, 1.82) is 10.5 Å². The molecule has 0 amide bonds. The molecule has 0 radical (unpaired) electrons. The molecule has 10 heteroatoms. The molecule has 7 aromatic carbocycles. The topological polar surface area (TPSA) is 70.5 Å². The monoisotopic (exact) mass is 767 g/mol. The molecule has 9 rings (SSSR count). The standard InChI is InChI=1S/C49H24F3N7/c1-28-6-5-7-41(49(50,51)52)48(28)31-10-14-35(47(22-31)59-45-18-12-33(56-3)24-39(45)40-25-34(57-4)13-19-46(40)59)38-23-32(55-2)11-17-44(38)58-42-15-8-29(26-53)20-36(42)37-21-30(27-54)9-16-43(37)58/h5-25H,1H3. The number of aromatic nitrogens is 2. The number of benzene rings is 7. The van der Waals surface area contributed by atoms with Gasteiger partial charge in [0, 0.05) is 16.3 Å². The van der Waals surface area contributed by atoms with E-state index in [-0.39, 0.29) is 5.56 Å². The van der Waals surface area contributed by atoms with E-state index in [9.17, 15) is 23.7 Å². The normalized spacial score (nSPS) is 11.3. The third-order valence-corrected chi connectivity index (χ3v) is 10.8. The average Bonchev–Trinajstić information content (AvgIpc) is 3.76. The fraction of sp³-hybridized carbons (Fsp3) is 0.0408. The Bertz CT molecular complexity index is 3370. The number of rotatable bonds is 4. The lowest BCUT2D eigenvalue weighted by Gasteiger charge is -2.21. The number of nitriles is 2. The molecule has 0 aliphatic heterocycles. The number of alkyl halides is 3. The lowest BCUT2D eigenvalue weighted by Crippen LogP contribution is -2.08. The Kier molecular flexibility index (Phi) is 8.27. The van der Waals surface area contributed by atoms with Crippen molar-refractivity contribution >= 4 is 60.7 Å². The first-order chi connectivity index (χ1) is 28.6. The molecule has 2 heterocycles. The Balaban J connectivity index is 1.45. The second kappa shape index (κ2) is 13.5. The van der Waals surface area contributed by atoms with Crippen molar-refractivity contribution in [2.45, 2.75) is 13.1 Å². The number of fused-ring (bicyclic) bond motifs is 6. The zero-order valence-corrected chi connectivity index (χ0v) is 30.9. The van der Waals surface area contributed by atoms with Crippen LogP contribution in [0.3, 0.4) is 0 Å². The van der Waals surface area contributed by atoms with E-state index in [2.05, 4.69) is 26.7 Å². The predicted molar refractivity (Wildman–Crippen MR) is 224 cm³/mol. The maximum Gasteiger partial charge on any atom is 0.417 e. The van der Waals surface area contributed by atoms with Crippen LogP contribution in [0.15, 0.2) is 127 Å². The summed E-state index contributed by atoms with van der Waals surface area (Å²) in [7, 11) is 0. The second-order valence-corrected chi connectivity index (χ2v) is 14.0. The van der Waals surface area contributed by atoms with Crippen LogP contribution in [0, 0.1) is 49.3 Å². The molecule has 0 spiro atoms. The Hall–Kier alpha value is -8.62. The smallest absolute Gasteiger partial charge is 0.309 e. The number of hydrogen-bond acceptors (Lipinski definition) is 2. The minimum atomic E-state index is -4.65. The van der Waals surface area contributed by atoms with E-state index < -0.39 is 11.7 Å². The van der Waals surface area contributed by atoms with Gasteiger partial charge in [0.15, 0.2) is 17.1 Å². The third-order valence-electron chi connectivity index (χ3n) is 10.8. The van der Waals surface area contributed by atoms with E-state index in [1.165, 1.54) is 6.07 Å². The van der Waals surface area contributed by atoms with Crippen molar-refractivity contribution in [3.8, 4) is 45.8 Å². The van der Waals surface area contributed by atoms with Crippen LogP contribution in [0.5, 0.6) is 0 Å². The summed E-state index contributed by atoms with van der Waals surface area (Å²) >= 11 is 0. The van der Waals surface area contributed by atoms with Gasteiger partial charge in [0.25, 0.3) is 0 Å². The minimum Gasteiger partial charge on any atom is -0.309 e. The summed E-state index contributed by atoms with van der Waals surface area (Å²) in [6.45, 7) is 25.2. The molecule has 2 aromatic heterocycles. The molecule has 0 bridgehead atoms. The summed E-state index contributed by atoms with van der Waals surface area (Å²) in [5.41, 5.74) is 7.00. The molecular formula is C49H24F3N7. The number of aryl methyl sites for hydroxylation is 1. The number of halogens is 3. The maximum atomic E-state index is 14.7. The largest absolute Gasteiger partial charge is 0.417 e. The van der Waals surface area contributed by atoms with Crippen LogP contribution < -0.4 is 0 Å². The van der Waals surface area contributed by atoms with Gasteiger partial charge in [0.2, 0.25) is 0 Å². The van der Waals surface area contributed by atoms with Crippen molar-refractivity contribution < 1.29 is 13.2 Å². The average molecular weight is 768 g/mol. The quantitative estimate of drug-likeness (QED) is 0.167. The van der Waals surface area contributed by atoms with Crippen molar-refractivity contribution in [1.82, 2.24) is 9.13 Å². The molecule has 276 valence electrons. The van der Waals surface area contributed by atoms with Crippen LogP contribution in [0.2, 0.25) is 0 Å². The van der Waals surface area contributed by atoms with Gasteiger partial charge in [-0.3, -0.25) is 0 Å². The molecule has 0 aliphatic rings. The molecular weight excluding hydrogens is 744 g/mol. The molecule has 7 nitrogen and oxygen atoms in total. The van der Waals surface area contributed by atoms with Gasteiger partial charge in [-0.25, -0.2) is 14.5 Å². The van der Waals surface area contributed by atoms with E-state index in [1.54, 1.807) is 104 Å². The van der Waals surface area contributed by atoms with E-state index in [1.807, 2.05) is 27.3 Å². The van der Waals surface area contributed by atoms with Gasteiger partial charge in [-0.05, 0) is 125 Å². The summed E-state index contributed by atoms with van der Waals surface area (Å²) in [5, 5.41) is 22.5. The summed E-state index contributed by atoms with van der Waals surface area (Å²) in [6.07, 6.45) is -4.65. The molecule has 9 aromatic rings. The van der Waals surface area contributed by atoms with Gasteiger partial charge in [0.1, 0.15) is 0 Å². The fourth-order valence-corrected chi connectivity index (χ4v) is 8.21. The van der Waals surface area contributed by atoms with Crippen LogP contribution in [-0.4, -0.2) is 9.13 Å². The first-order valence-electron chi connectivity index (χ1n) is 18.1. The van der Waals surface area contributed by atoms with Crippen LogP contribution in [0.25, 0.3) is 91.8 Å². The van der Waals surface area contributed by atoms with Gasteiger partial charge in [-0.1, -0.05) is 42.5 Å². The summed E-state index contributed by atoms with van der Waals surface area (Å²) < 4.78 is 48.1. The van der Waals surface area contributed by atoms with Gasteiger partial charge in [-0.2, -0.15) is 23.7 Å². The van der Waals surface area contributed by atoms with Crippen molar-refractivity contribution in [2.75, 3.05) is 0 Å². The highest BCUT2D eigenvalue weighted by Crippen LogP contribution is 2.46. The zero-order chi connectivity index (χ0) is 41.2. The summed E-state index contributed by atoms with van der Waals surface area (Å²) in [4.78, 5) is 11.1.